The van der Waals surface area contributed by atoms with Crippen molar-refractivity contribution in [1.29, 1.82) is 0 Å². The number of carbonyl (C=O) groups is 1. The first-order chi connectivity index (χ1) is 15.3. The molecule has 2 aromatic rings. The number of anilines is 1. The molecule has 0 unspecified atom stereocenters. The van der Waals surface area contributed by atoms with Gasteiger partial charge in [0.25, 0.3) is 10.0 Å². The van der Waals surface area contributed by atoms with Crippen molar-refractivity contribution >= 4 is 39.1 Å². The van der Waals surface area contributed by atoms with Gasteiger partial charge in [-0.25, -0.2) is 8.42 Å². The lowest BCUT2D eigenvalue weighted by Crippen LogP contribution is -2.45. The van der Waals surface area contributed by atoms with Gasteiger partial charge in [0.05, 0.1) is 11.4 Å². The highest BCUT2D eigenvalue weighted by Gasteiger charge is 2.28. The minimum absolute atomic E-state index is 0.0792. The molecule has 0 radical (unpaired) electrons. The summed E-state index contributed by atoms with van der Waals surface area (Å²) in [5.74, 6) is 0.217. The molecule has 1 heterocycles. The van der Waals surface area contributed by atoms with E-state index in [1.807, 2.05) is 24.3 Å². The molecule has 1 amide bonds. The molecular weight excluding hydrogens is 448 g/mol. The van der Waals surface area contributed by atoms with Gasteiger partial charge in [-0.3, -0.25) is 19.8 Å². The number of halogens is 1. The zero-order chi connectivity index (χ0) is 23.2. The third-order valence-electron chi connectivity index (χ3n) is 5.75. The third-order valence-corrected chi connectivity index (χ3v) is 7.38. The van der Waals surface area contributed by atoms with E-state index in [0.29, 0.717) is 29.5 Å². The van der Waals surface area contributed by atoms with Crippen molar-refractivity contribution < 1.29 is 13.2 Å². The molecule has 0 atom stereocenters. The van der Waals surface area contributed by atoms with Crippen LogP contribution in [-0.2, 0) is 20.4 Å². The molecule has 7 nitrogen and oxygen atoms in total. The van der Waals surface area contributed by atoms with Crippen molar-refractivity contribution in [3.8, 4) is 0 Å². The number of hydrogen-bond donors (Lipinski definition) is 3. The summed E-state index contributed by atoms with van der Waals surface area (Å²) in [6.07, 6.45) is 3.04. The van der Waals surface area contributed by atoms with Gasteiger partial charge >= 0.3 is 0 Å². The maximum atomic E-state index is 12.6. The lowest BCUT2D eigenvalue weighted by Gasteiger charge is -2.33. The highest BCUT2D eigenvalue weighted by Crippen LogP contribution is 2.29. The summed E-state index contributed by atoms with van der Waals surface area (Å²) >= 11 is 6.02. The van der Waals surface area contributed by atoms with Gasteiger partial charge < -0.3 is 5.32 Å². The molecule has 0 spiro atoms. The topological polar surface area (TPSA) is 99.7 Å². The average molecular weight is 477 g/mol. The summed E-state index contributed by atoms with van der Waals surface area (Å²) in [5.41, 5.74) is 1.12. The van der Waals surface area contributed by atoms with Gasteiger partial charge in [-0.2, -0.15) is 0 Å². The number of carbonyl (C=O) groups excluding carboxylic acids is 1. The molecule has 0 bridgehead atoms. The SMILES string of the molecule is CCC(CC)(NCC(=O)Nc1cccc(S(=O)(=O)NC2=NCCC2)c1)c1ccc(Cl)cc1. The van der Waals surface area contributed by atoms with Crippen LogP contribution in [0.25, 0.3) is 0 Å². The zero-order valence-electron chi connectivity index (χ0n) is 18.3. The zero-order valence-corrected chi connectivity index (χ0v) is 19.9. The van der Waals surface area contributed by atoms with Crippen LogP contribution in [0, 0.1) is 0 Å². The Labute approximate surface area is 194 Å². The third kappa shape index (κ3) is 5.88. The van der Waals surface area contributed by atoms with Gasteiger partial charge in [0.2, 0.25) is 5.91 Å². The Morgan fingerprint density at radius 2 is 1.84 bits per heavy atom. The molecule has 0 saturated carbocycles. The second-order valence-corrected chi connectivity index (χ2v) is 9.88. The van der Waals surface area contributed by atoms with Gasteiger partial charge in [0.1, 0.15) is 5.84 Å². The molecule has 32 heavy (non-hydrogen) atoms. The van der Waals surface area contributed by atoms with Crippen LogP contribution in [0.1, 0.15) is 45.1 Å². The minimum Gasteiger partial charge on any atom is -0.325 e. The smallest absolute Gasteiger partial charge is 0.262 e. The van der Waals surface area contributed by atoms with E-state index >= 15 is 0 Å². The van der Waals surface area contributed by atoms with Crippen molar-refractivity contribution in [3.63, 3.8) is 0 Å². The Bertz CT molecular complexity index is 1080. The maximum absolute atomic E-state index is 12.6. The van der Waals surface area contributed by atoms with Crippen LogP contribution in [0.5, 0.6) is 0 Å². The fourth-order valence-electron chi connectivity index (χ4n) is 3.81. The van der Waals surface area contributed by atoms with E-state index in [-0.39, 0.29) is 22.9 Å². The highest BCUT2D eigenvalue weighted by molar-refractivity contribution is 7.90. The Morgan fingerprint density at radius 3 is 2.47 bits per heavy atom. The summed E-state index contributed by atoms with van der Waals surface area (Å²) < 4.78 is 27.8. The molecule has 2 aromatic carbocycles. The van der Waals surface area contributed by atoms with Crippen LogP contribution in [-0.4, -0.2) is 33.3 Å². The van der Waals surface area contributed by atoms with Crippen LogP contribution in [0.2, 0.25) is 5.02 Å². The predicted molar refractivity (Wildman–Crippen MR) is 129 cm³/mol. The normalized spacial score (nSPS) is 14.2. The van der Waals surface area contributed by atoms with E-state index in [4.69, 9.17) is 11.6 Å². The molecule has 1 aliphatic heterocycles. The second kappa shape index (κ2) is 10.5. The standard InChI is InChI=1S/C23H29ClN4O3S/c1-3-23(4-2,17-10-12-18(24)13-11-17)26-16-22(29)27-19-7-5-8-20(15-19)32(30,31)28-21-9-6-14-25-21/h5,7-8,10-13,15,26H,3-4,6,9,14,16H2,1-2H3,(H,25,28)(H,27,29). The van der Waals surface area contributed by atoms with E-state index in [1.165, 1.54) is 12.1 Å². The molecule has 9 heteroatoms. The van der Waals surface area contributed by atoms with Gasteiger partial charge in [-0.05, 0) is 55.2 Å². The first kappa shape index (κ1) is 24.2. The summed E-state index contributed by atoms with van der Waals surface area (Å²) in [4.78, 5) is 16.9. The number of amides is 1. The fraction of sp³-hybridized carbons (Fsp3) is 0.391. The van der Waals surface area contributed by atoms with Gasteiger partial charge in [0, 0.05) is 29.2 Å². The summed E-state index contributed by atoms with van der Waals surface area (Å²) in [6, 6.07) is 13.8. The van der Waals surface area contributed by atoms with Crippen LogP contribution in [0.4, 0.5) is 5.69 Å². The number of hydrogen-bond acceptors (Lipinski definition) is 5. The maximum Gasteiger partial charge on any atom is 0.262 e. The van der Waals surface area contributed by atoms with Gasteiger partial charge in [-0.1, -0.05) is 43.6 Å². The quantitative estimate of drug-likeness (QED) is 0.508. The molecule has 3 rings (SSSR count). The monoisotopic (exact) mass is 476 g/mol. The predicted octanol–water partition coefficient (Wildman–Crippen LogP) is 4.05. The lowest BCUT2D eigenvalue weighted by atomic mass is 9.84. The number of benzene rings is 2. The van der Waals surface area contributed by atoms with Crippen LogP contribution >= 0.6 is 11.6 Å². The van der Waals surface area contributed by atoms with Crippen molar-refractivity contribution in [2.75, 3.05) is 18.4 Å². The van der Waals surface area contributed by atoms with E-state index in [9.17, 15) is 13.2 Å². The number of nitrogens with zero attached hydrogens (tertiary/aromatic N) is 1. The van der Waals surface area contributed by atoms with Gasteiger partial charge in [-0.15, -0.1) is 0 Å². The van der Waals surface area contributed by atoms with Crippen molar-refractivity contribution in [3.05, 3.63) is 59.1 Å². The largest absolute Gasteiger partial charge is 0.325 e. The van der Waals surface area contributed by atoms with E-state index in [0.717, 1.165) is 24.8 Å². The summed E-state index contributed by atoms with van der Waals surface area (Å²) in [7, 11) is -3.74. The second-order valence-electron chi connectivity index (χ2n) is 7.76. The lowest BCUT2D eigenvalue weighted by molar-refractivity contribution is -0.115. The molecule has 1 aliphatic rings. The highest BCUT2D eigenvalue weighted by atomic mass is 35.5. The van der Waals surface area contributed by atoms with Gasteiger partial charge in [0.15, 0.2) is 0 Å². The first-order valence-corrected chi connectivity index (χ1v) is 12.6. The van der Waals surface area contributed by atoms with Crippen LogP contribution in [0.15, 0.2) is 58.4 Å². The number of sulfonamides is 1. The fourth-order valence-corrected chi connectivity index (χ4v) is 5.07. The minimum atomic E-state index is -3.74. The number of nitrogens with one attached hydrogen (secondary N) is 3. The Balaban J connectivity index is 1.66. The molecule has 0 fully saturated rings. The summed E-state index contributed by atoms with van der Waals surface area (Å²) in [6.45, 7) is 4.85. The van der Waals surface area contributed by atoms with E-state index in [1.54, 1.807) is 12.1 Å². The number of amidine groups is 1. The molecular formula is C23H29ClN4O3S. The molecule has 3 N–H and O–H groups in total. The molecule has 0 aromatic heterocycles. The number of rotatable bonds is 9. The molecule has 0 aliphatic carbocycles. The number of aliphatic imine (C=N–C) groups is 1. The van der Waals surface area contributed by atoms with Crippen LogP contribution < -0.4 is 15.4 Å². The average Bonchev–Trinajstić information content (AvgIpc) is 3.28. The Kier molecular flexibility index (Phi) is 7.92. The van der Waals surface area contributed by atoms with E-state index in [2.05, 4.69) is 34.2 Å². The Morgan fingerprint density at radius 1 is 1.12 bits per heavy atom. The summed E-state index contributed by atoms with van der Waals surface area (Å²) in [5, 5.41) is 6.83. The molecule has 0 saturated heterocycles. The molecule has 172 valence electrons. The van der Waals surface area contributed by atoms with Crippen molar-refractivity contribution in [2.45, 2.75) is 50.0 Å². The van der Waals surface area contributed by atoms with Crippen LogP contribution in [0.3, 0.4) is 0 Å². The van der Waals surface area contributed by atoms with E-state index < -0.39 is 10.0 Å². The first-order valence-electron chi connectivity index (χ1n) is 10.7. The van der Waals surface area contributed by atoms with Crippen molar-refractivity contribution in [2.24, 2.45) is 4.99 Å². The Hall–Kier alpha value is -2.42. The van der Waals surface area contributed by atoms with Crippen molar-refractivity contribution in [1.82, 2.24) is 10.0 Å².